The molecule has 0 spiro atoms. The smallest absolute Gasteiger partial charge is 0.271 e. The van der Waals surface area contributed by atoms with Gasteiger partial charge >= 0.3 is 0 Å². The van der Waals surface area contributed by atoms with Crippen LogP contribution in [0.3, 0.4) is 0 Å². The Morgan fingerprint density at radius 2 is 1.69 bits per heavy atom. The number of rotatable bonds is 7. The molecule has 3 rings (SSSR count). The van der Waals surface area contributed by atoms with E-state index in [4.69, 9.17) is 39.5 Å². The van der Waals surface area contributed by atoms with Gasteiger partial charge in [0.1, 0.15) is 5.75 Å². The molecule has 2 amide bonds. The van der Waals surface area contributed by atoms with Gasteiger partial charge < -0.3 is 10.1 Å². The molecule has 3 aromatic carbocycles. The highest BCUT2D eigenvalue weighted by Gasteiger charge is 2.09. The van der Waals surface area contributed by atoms with Gasteiger partial charge in [0.05, 0.1) is 6.21 Å². The summed E-state index contributed by atoms with van der Waals surface area (Å²) in [7, 11) is 0. The standard InChI is InChI=1S/C23H18Cl3N3O3/c1-14-2-8-19(11-20(14)26)28-22(30)13-32-21-9-7-18(25)10-16(21)12-27-29-23(31)15-3-5-17(24)6-4-15/h2-12H,13H2,1H3,(H,28,30)(H,29,31)/b27-12+. The van der Waals surface area contributed by atoms with Crippen molar-refractivity contribution in [2.24, 2.45) is 5.10 Å². The van der Waals surface area contributed by atoms with E-state index < -0.39 is 5.91 Å². The summed E-state index contributed by atoms with van der Waals surface area (Å²) in [6, 6.07) is 16.5. The fourth-order valence-corrected chi connectivity index (χ4v) is 3.08. The highest BCUT2D eigenvalue weighted by molar-refractivity contribution is 6.32. The molecule has 32 heavy (non-hydrogen) atoms. The maximum absolute atomic E-state index is 12.2. The molecule has 0 aliphatic heterocycles. The quantitative estimate of drug-likeness (QED) is 0.327. The fraction of sp³-hybridized carbons (Fsp3) is 0.0870. The van der Waals surface area contributed by atoms with Gasteiger partial charge in [0.25, 0.3) is 11.8 Å². The molecule has 0 fully saturated rings. The third-order valence-corrected chi connectivity index (χ3v) is 5.16. The van der Waals surface area contributed by atoms with Crippen LogP contribution < -0.4 is 15.5 Å². The van der Waals surface area contributed by atoms with Crippen molar-refractivity contribution in [3.05, 3.63) is 92.4 Å². The number of ether oxygens (including phenoxy) is 1. The zero-order valence-electron chi connectivity index (χ0n) is 16.9. The number of nitrogens with zero attached hydrogens (tertiary/aromatic N) is 1. The summed E-state index contributed by atoms with van der Waals surface area (Å²) in [5.41, 5.74) is 4.79. The third-order valence-electron chi connectivity index (χ3n) is 4.26. The van der Waals surface area contributed by atoms with Crippen LogP contribution >= 0.6 is 34.8 Å². The maximum atomic E-state index is 12.2. The second-order valence-corrected chi connectivity index (χ2v) is 7.97. The molecular formula is C23H18Cl3N3O3. The number of halogens is 3. The van der Waals surface area contributed by atoms with E-state index in [2.05, 4.69) is 15.8 Å². The van der Waals surface area contributed by atoms with E-state index in [1.54, 1.807) is 54.6 Å². The van der Waals surface area contributed by atoms with Crippen LogP contribution in [0, 0.1) is 6.92 Å². The Balaban J connectivity index is 1.62. The van der Waals surface area contributed by atoms with Gasteiger partial charge in [-0.3, -0.25) is 9.59 Å². The number of carbonyl (C=O) groups is 2. The molecule has 2 N–H and O–H groups in total. The van der Waals surface area contributed by atoms with Crippen molar-refractivity contribution in [3.8, 4) is 5.75 Å². The second-order valence-electron chi connectivity index (χ2n) is 6.69. The number of hydrogen-bond acceptors (Lipinski definition) is 4. The highest BCUT2D eigenvalue weighted by atomic mass is 35.5. The first-order valence-corrected chi connectivity index (χ1v) is 10.5. The Bertz CT molecular complexity index is 1160. The van der Waals surface area contributed by atoms with Crippen molar-refractivity contribution in [1.29, 1.82) is 0 Å². The molecule has 0 radical (unpaired) electrons. The number of hydrazone groups is 1. The van der Waals surface area contributed by atoms with Crippen LogP contribution in [0.5, 0.6) is 5.75 Å². The van der Waals surface area contributed by atoms with Crippen LogP contribution in [-0.2, 0) is 4.79 Å². The fourth-order valence-electron chi connectivity index (χ4n) is 2.59. The number of amides is 2. The average molecular weight is 491 g/mol. The average Bonchev–Trinajstić information content (AvgIpc) is 2.76. The van der Waals surface area contributed by atoms with Gasteiger partial charge in [-0.05, 0) is 67.1 Å². The molecule has 0 saturated carbocycles. The lowest BCUT2D eigenvalue weighted by molar-refractivity contribution is -0.118. The van der Waals surface area contributed by atoms with Gasteiger partial charge in [-0.25, -0.2) is 5.43 Å². The largest absolute Gasteiger partial charge is 0.483 e. The minimum Gasteiger partial charge on any atom is -0.483 e. The molecule has 0 saturated heterocycles. The number of benzene rings is 3. The van der Waals surface area contributed by atoms with Crippen LogP contribution in [0.25, 0.3) is 0 Å². The van der Waals surface area contributed by atoms with Crippen LogP contribution in [0.15, 0.2) is 65.8 Å². The van der Waals surface area contributed by atoms with E-state index in [0.29, 0.717) is 37.6 Å². The lowest BCUT2D eigenvalue weighted by atomic mass is 10.2. The normalized spacial score (nSPS) is 10.8. The summed E-state index contributed by atoms with van der Waals surface area (Å²) in [5, 5.41) is 8.19. The summed E-state index contributed by atoms with van der Waals surface area (Å²) in [4.78, 5) is 24.4. The molecule has 3 aromatic rings. The molecular weight excluding hydrogens is 473 g/mol. The lowest BCUT2D eigenvalue weighted by Crippen LogP contribution is -2.20. The van der Waals surface area contributed by atoms with Gasteiger partial charge in [-0.2, -0.15) is 5.10 Å². The molecule has 9 heteroatoms. The monoisotopic (exact) mass is 489 g/mol. The van der Waals surface area contributed by atoms with Crippen molar-refractivity contribution in [3.63, 3.8) is 0 Å². The van der Waals surface area contributed by atoms with Crippen molar-refractivity contribution in [1.82, 2.24) is 5.43 Å². The van der Waals surface area contributed by atoms with Crippen molar-refractivity contribution < 1.29 is 14.3 Å². The Morgan fingerprint density at radius 3 is 2.41 bits per heavy atom. The van der Waals surface area contributed by atoms with Crippen LogP contribution in [0.1, 0.15) is 21.5 Å². The molecule has 0 bridgehead atoms. The van der Waals surface area contributed by atoms with E-state index >= 15 is 0 Å². The summed E-state index contributed by atoms with van der Waals surface area (Å²) in [6.45, 7) is 1.63. The van der Waals surface area contributed by atoms with Crippen LogP contribution in [-0.4, -0.2) is 24.6 Å². The van der Waals surface area contributed by atoms with Gasteiger partial charge in [-0.15, -0.1) is 0 Å². The second kappa shape index (κ2) is 11.0. The molecule has 0 aliphatic carbocycles. The Morgan fingerprint density at radius 1 is 0.969 bits per heavy atom. The minimum atomic E-state index is -0.404. The van der Waals surface area contributed by atoms with Crippen LogP contribution in [0.4, 0.5) is 5.69 Å². The Hall–Kier alpha value is -3.06. The Kier molecular flexibility index (Phi) is 8.11. The van der Waals surface area contributed by atoms with Crippen molar-refractivity contribution in [2.45, 2.75) is 6.92 Å². The summed E-state index contributed by atoms with van der Waals surface area (Å²) in [5.74, 6) is -0.395. The maximum Gasteiger partial charge on any atom is 0.271 e. The van der Waals surface area contributed by atoms with E-state index in [1.165, 1.54) is 6.21 Å². The van der Waals surface area contributed by atoms with Gasteiger partial charge in [-0.1, -0.05) is 40.9 Å². The van der Waals surface area contributed by atoms with E-state index in [1.807, 2.05) is 13.0 Å². The number of carbonyl (C=O) groups excluding carboxylic acids is 2. The van der Waals surface area contributed by atoms with E-state index in [-0.39, 0.29) is 12.5 Å². The molecule has 0 heterocycles. The molecule has 0 aliphatic rings. The van der Waals surface area contributed by atoms with Crippen molar-refractivity contribution >= 4 is 58.5 Å². The molecule has 0 atom stereocenters. The van der Waals surface area contributed by atoms with E-state index in [0.717, 1.165) is 5.56 Å². The zero-order valence-corrected chi connectivity index (χ0v) is 19.1. The lowest BCUT2D eigenvalue weighted by Gasteiger charge is -2.10. The van der Waals surface area contributed by atoms with Gasteiger partial charge in [0.15, 0.2) is 6.61 Å². The summed E-state index contributed by atoms with van der Waals surface area (Å²) < 4.78 is 5.61. The zero-order chi connectivity index (χ0) is 23.1. The number of aryl methyl sites for hydroxylation is 1. The molecule has 0 unspecified atom stereocenters. The van der Waals surface area contributed by atoms with Gasteiger partial charge in [0.2, 0.25) is 0 Å². The van der Waals surface area contributed by atoms with Gasteiger partial charge in [0, 0.05) is 31.9 Å². The SMILES string of the molecule is Cc1ccc(NC(=O)COc2ccc(Cl)cc2/C=N/NC(=O)c2ccc(Cl)cc2)cc1Cl. The number of nitrogens with one attached hydrogen (secondary N) is 2. The molecule has 164 valence electrons. The van der Waals surface area contributed by atoms with Crippen molar-refractivity contribution in [2.75, 3.05) is 11.9 Å². The Labute approximate surface area is 200 Å². The first-order valence-electron chi connectivity index (χ1n) is 9.39. The molecule has 6 nitrogen and oxygen atoms in total. The number of anilines is 1. The van der Waals surface area contributed by atoms with Crippen LogP contribution in [0.2, 0.25) is 15.1 Å². The number of hydrogen-bond donors (Lipinski definition) is 2. The van der Waals surface area contributed by atoms with E-state index in [9.17, 15) is 9.59 Å². The predicted octanol–water partition coefficient (Wildman–Crippen LogP) is 5.74. The minimum absolute atomic E-state index is 0.245. The predicted molar refractivity (Wildman–Crippen MR) is 128 cm³/mol. The first-order chi connectivity index (χ1) is 15.3. The first kappa shape index (κ1) is 23.6. The highest BCUT2D eigenvalue weighted by Crippen LogP contribution is 2.22. The summed E-state index contributed by atoms with van der Waals surface area (Å²) >= 11 is 18.0. The third kappa shape index (κ3) is 6.72. The summed E-state index contributed by atoms with van der Waals surface area (Å²) in [6.07, 6.45) is 1.38. The molecule has 0 aromatic heterocycles. The topological polar surface area (TPSA) is 79.8 Å².